The number of anilines is 1. The van der Waals surface area contributed by atoms with Crippen molar-refractivity contribution in [3.8, 4) is 11.5 Å². The van der Waals surface area contributed by atoms with Crippen LogP contribution in [0.3, 0.4) is 0 Å². The minimum absolute atomic E-state index is 0.169. The lowest BCUT2D eigenvalue weighted by Crippen LogP contribution is -2.24. The average molecular weight is 363 g/mol. The van der Waals surface area contributed by atoms with E-state index in [4.69, 9.17) is 14.2 Å². The van der Waals surface area contributed by atoms with Gasteiger partial charge in [-0.3, -0.25) is 9.69 Å². The summed E-state index contributed by atoms with van der Waals surface area (Å²) < 4.78 is 15.6. The lowest BCUT2D eigenvalue weighted by molar-refractivity contribution is -0.136. The van der Waals surface area contributed by atoms with E-state index in [1.807, 2.05) is 36.4 Å². The number of benzene rings is 2. The molecule has 0 bridgehead atoms. The van der Waals surface area contributed by atoms with E-state index in [-0.39, 0.29) is 23.8 Å². The Morgan fingerprint density at radius 2 is 1.85 bits per heavy atom. The van der Waals surface area contributed by atoms with Gasteiger partial charge in [0.15, 0.2) is 11.5 Å². The zero-order chi connectivity index (χ0) is 19.0. The quantitative estimate of drug-likeness (QED) is 0.618. The van der Waals surface area contributed by atoms with Crippen molar-refractivity contribution < 1.29 is 23.8 Å². The summed E-state index contributed by atoms with van der Waals surface area (Å²) in [5.41, 5.74) is 2.48. The number of hydrogen-bond acceptors (Lipinski definition) is 5. The highest BCUT2D eigenvalue weighted by molar-refractivity contribution is 6.23. The van der Waals surface area contributed by atoms with E-state index >= 15 is 0 Å². The number of amides is 1. The first-order valence-corrected chi connectivity index (χ1v) is 8.40. The Hall–Kier alpha value is -3.54. The van der Waals surface area contributed by atoms with E-state index in [1.165, 1.54) is 12.0 Å². The Morgan fingerprint density at radius 3 is 2.59 bits per heavy atom. The van der Waals surface area contributed by atoms with Gasteiger partial charge in [0.25, 0.3) is 5.91 Å². The summed E-state index contributed by atoms with van der Waals surface area (Å²) in [4.78, 5) is 27.0. The summed E-state index contributed by atoms with van der Waals surface area (Å²) >= 11 is 0. The average Bonchev–Trinajstić information content (AvgIpc) is 3.24. The third kappa shape index (κ3) is 2.85. The molecule has 0 aliphatic carbocycles. The van der Waals surface area contributed by atoms with Gasteiger partial charge in [0.1, 0.15) is 0 Å². The molecule has 6 nitrogen and oxygen atoms in total. The van der Waals surface area contributed by atoms with Crippen molar-refractivity contribution in [3.05, 3.63) is 70.9 Å². The lowest BCUT2D eigenvalue weighted by Gasteiger charge is -2.17. The molecule has 136 valence electrons. The van der Waals surface area contributed by atoms with Crippen molar-refractivity contribution in [3.63, 3.8) is 0 Å². The maximum absolute atomic E-state index is 13.1. The van der Waals surface area contributed by atoms with Crippen LogP contribution in [0.4, 0.5) is 5.69 Å². The summed E-state index contributed by atoms with van der Waals surface area (Å²) in [6.45, 7) is 1.90. The molecule has 6 heteroatoms. The normalized spacial score (nSPS) is 17.0. The first-order chi connectivity index (χ1) is 13.1. The summed E-state index contributed by atoms with van der Waals surface area (Å²) in [6.07, 6.45) is 1.67. The van der Waals surface area contributed by atoms with Crippen LogP contribution in [0.1, 0.15) is 12.5 Å². The molecule has 4 rings (SSSR count). The van der Waals surface area contributed by atoms with Crippen molar-refractivity contribution in [1.29, 1.82) is 0 Å². The molecule has 2 aromatic rings. The standard InChI is InChI=1S/C21H17NO5/c1-13-19(21(24)25-2)16(20(23)22(13)15-6-4-3-5-7-15)10-14-8-9-17-18(11-14)27-12-26-17/h3-11H,12H2,1-2H3/b16-10+. The van der Waals surface area contributed by atoms with E-state index in [2.05, 4.69) is 0 Å². The van der Waals surface area contributed by atoms with Crippen molar-refractivity contribution in [1.82, 2.24) is 0 Å². The van der Waals surface area contributed by atoms with E-state index in [0.29, 0.717) is 22.9 Å². The van der Waals surface area contributed by atoms with Crippen molar-refractivity contribution in [2.24, 2.45) is 0 Å². The smallest absolute Gasteiger partial charge is 0.340 e. The predicted octanol–water partition coefficient (Wildman–Crippen LogP) is 3.29. The molecular formula is C21H17NO5. The van der Waals surface area contributed by atoms with Gasteiger partial charge in [0, 0.05) is 11.4 Å². The minimum atomic E-state index is -0.550. The van der Waals surface area contributed by atoms with E-state index in [1.54, 1.807) is 25.1 Å². The van der Waals surface area contributed by atoms with Crippen molar-refractivity contribution >= 4 is 23.6 Å². The van der Waals surface area contributed by atoms with E-state index < -0.39 is 5.97 Å². The van der Waals surface area contributed by atoms with Crippen LogP contribution in [0, 0.1) is 0 Å². The maximum atomic E-state index is 13.1. The number of esters is 1. The third-order valence-electron chi connectivity index (χ3n) is 4.51. The first-order valence-electron chi connectivity index (χ1n) is 8.40. The zero-order valence-corrected chi connectivity index (χ0v) is 14.9. The van der Waals surface area contributed by atoms with Crippen LogP contribution >= 0.6 is 0 Å². The molecule has 0 spiro atoms. The molecule has 0 saturated heterocycles. The molecule has 0 fully saturated rings. The number of para-hydroxylation sites is 1. The van der Waals surface area contributed by atoms with Crippen LogP contribution in [-0.2, 0) is 14.3 Å². The third-order valence-corrected chi connectivity index (χ3v) is 4.51. The van der Waals surface area contributed by atoms with Gasteiger partial charge in [-0.05, 0) is 42.8 Å². The number of carbonyl (C=O) groups excluding carboxylic acids is 2. The van der Waals surface area contributed by atoms with Crippen LogP contribution < -0.4 is 14.4 Å². The van der Waals surface area contributed by atoms with Crippen molar-refractivity contribution in [2.75, 3.05) is 18.8 Å². The Bertz CT molecular complexity index is 991. The number of hydrogen-bond donors (Lipinski definition) is 0. The molecule has 0 unspecified atom stereocenters. The number of fused-ring (bicyclic) bond motifs is 1. The highest BCUT2D eigenvalue weighted by Crippen LogP contribution is 2.37. The van der Waals surface area contributed by atoms with Crippen molar-refractivity contribution in [2.45, 2.75) is 6.92 Å². The highest BCUT2D eigenvalue weighted by Gasteiger charge is 2.37. The van der Waals surface area contributed by atoms with Gasteiger partial charge < -0.3 is 14.2 Å². The molecule has 2 heterocycles. The van der Waals surface area contributed by atoms with Crippen LogP contribution in [0.5, 0.6) is 11.5 Å². The van der Waals surface area contributed by atoms with Gasteiger partial charge in [-0.25, -0.2) is 4.79 Å². The number of nitrogens with zero attached hydrogens (tertiary/aromatic N) is 1. The largest absolute Gasteiger partial charge is 0.465 e. The highest BCUT2D eigenvalue weighted by atomic mass is 16.7. The molecule has 2 aliphatic rings. The molecular weight excluding hydrogens is 346 g/mol. The molecule has 0 radical (unpaired) electrons. The summed E-state index contributed by atoms with van der Waals surface area (Å²) in [5, 5.41) is 0. The zero-order valence-electron chi connectivity index (χ0n) is 14.9. The van der Waals surface area contributed by atoms with Gasteiger partial charge in [-0.15, -0.1) is 0 Å². The number of ether oxygens (including phenoxy) is 3. The van der Waals surface area contributed by atoms with E-state index in [9.17, 15) is 9.59 Å². The number of rotatable bonds is 3. The van der Waals surface area contributed by atoms with E-state index in [0.717, 1.165) is 5.56 Å². The Balaban J connectivity index is 1.81. The summed E-state index contributed by atoms with van der Waals surface area (Å²) in [5.74, 6) is 0.429. The lowest BCUT2D eigenvalue weighted by atomic mass is 10.0. The van der Waals surface area contributed by atoms with Gasteiger partial charge in [0.05, 0.1) is 18.3 Å². The number of carbonyl (C=O) groups is 2. The summed E-state index contributed by atoms with van der Waals surface area (Å²) in [6, 6.07) is 14.5. The number of methoxy groups -OCH3 is 1. The Labute approximate surface area is 156 Å². The second-order valence-corrected chi connectivity index (χ2v) is 6.10. The predicted molar refractivity (Wildman–Crippen MR) is 99.2 cm³/mol. The SMILES string of the molecule is COC(=O)C1=C(C)N(c2ccccc2)C(=O)/C1=C/c1ccc2c(c1)OCO2. The number of allylic oxidation sites excluding steroid dienone is 1. The van der Waals surface area contributed by atoms with Crippen LogP contribution in [-0.4, -0.2) is 25.8 Å². The fourth-order valence-corrected chi connectivity index (χ4v) is 3.24. The van der Waals surface area contributed by atoms with Gasteiger partial charge in [-0.1, -0.05) is 24.3 Å². The maximum Gasteiger partial charge on any atom is 0.340 e. The monoisotopic (exact) mass is 363 g/mol. The molecule has 0 aromatic heterocycles. The van der Waals surface area contributed by atoms with Crippen LogP contribution in [0.25, 0.3) is 6.08 Å². The second kappa shape index (κ2) is 6.64. The molecule has 27 heavy (non-hydrogen) atoms. The van der Waals surface area contributed by atoms with Gasteiger partial charge >= 0.3 is 5.97 Å². The summed E-state index contributed by atoms with van der Waals surface area (Å²) in [7, 11) is 1.30. The van der Waals surface area contributed by atoms with Crippen LogP contribution in [0.2, 0.25) is 0 Å². The molecule has 2 aromatic carbocycles. The molecule has 1 amide bonds. The second-order valence-electron chi connectivity index (χ2n) is 6.10. The Kier molecular flexibility index (Phi) is 4.16. The first kappa shape index (κ1) is 16.9. The fraction of sp³-hybridized carbons (Fsp3) is 0.143. The topological polar surface area (TPSA) is 65.1 Å². The fourth-order valence-electron chi connectivity index (χ4n) is 3.24. The van der Waals surface area contributed by atoms with Gasteiger partial charge in [0.2, 0.25) is 6.79 Å². The van der Waals surface area contributed by atoms with Gasteiger partial charge in [-0.2, -0.15) is 0 Å². The minimum Gasteiger partial charge on any atom is -0.465 e. The molecule has 0 saturated carbocycles. The van der Waals surface area contributed by atoms with Crippen LogP contribution in [0.15, 0.2) is 65.4 Å². The molecule has 0 N–H and O–H groups in total. The molecule has 2 aliphatic heterocycles. The molecule has 0 atom stereocenters. The Morgan fingerprint density at radius 1 is 1.11 bits per heavy atom.